The molecule has 0 spiro atoms. The molecule has 0 aromatic rings. The largest absolute Gasteiger partial charge is 0.446 e. The highest BCUT2D eigenvalue weighted by molar-refractivity contribution is 5.93. The first kappa shape index (κ1) is 33.0. The zero-order valence-electron chi connectivity index (χ0n) is 27.1. The predicted molar refractivity (Wildman–Crippen MR) is 166 cm³/mol. The molecule has 4 aliphatic rings. The van der Waals surface area contributed by atoms with Crippen LogP contribution in [0.3, 0.4) is 0 Å². The van der Waals surface area contributed by atoms with Crippen LogP contribution in [0.5, 0.6) is 0 Å². The van der Waals surface area contributed by atoms with Crippen molar-refractivity contribution in [3.8, 4) is 0 Å². The highest BCUT2D eigenvalue weighted by Crippen LogP contribution is 2.67. The quantitative estimate of drug-likeness (QED) is 0.163. The van der Waals surface area contributed by atoms with Crippen LogP contribution in [-0.2, 0) is 9.53 Å². The Balaban J connectivity index is 1.33. The summed E-state index contributed by atoms with van der Waals surface area (Å²) in [7, 11) is 0. The smallest absolute Gasteiger partial charge is 0.411 e. The third kappa shape index (κ3) is 6.93. The van der Waals surface area contributed by atoms with Crippen LogP contribution < -0.4 is 10.6 Å². The molecule has 0 saturated heterocycles. The number of hydrogen-bond donors (Lipinski definition) is 4. The van der Waals surface area contributed by atoms with Gasteiger partial charge in [0.15, 0.2) is 0 Å². The monoisotopic (exact) mass is 586 g/mol. The number of hydrogen-bond acceptors (Lipinski definition) is 5. The Labute approximate surface area is 254 Å². The van der Waals surface area contributed by atoms with Gasteiger partial charge in [-0.15, -0.1) is 0 Å². The number of fused-ring (bicyclic) bond motifs is 5. The van der Waals surface area contributed by atoms with Crippen molar-refractivity contribution in [1.29, 1.82) is 0 Å². The van der Waals surface area contributed by atoms with E-state index in [0.29, 0.717) is 5.41 Å². The Hall–Kier alpha value is -1.86. The van der Waals surface area contributed by atoms with Crippen molar-refractivity contribution in [2.45, 2.75) is 124 Å². The van der Waals surface area contributed by atoms with Crippen LogP contribution in [0.15, 0.2) is 23.4 Å². The SMILES string of the molecule is C/C(=C/NC(=O)O[C@H]1CC[C@@]2(C)C(=CCC3C2CC[C@@]2(C)C3CC[C@@H]2[C@H](C)CCCC(C)C)C1)C(=O)NC(CO)CO. The normalized spacial score (nSPS) is 35.1. The summed E-state index contributed by atoms with van der Waals surface area (Å²) in [4.78, 5) is 24.8. The topological polar surface area (TPSA) is 108 Å². The van der Waals surface area contributed by atoms with E-state index in [2.05, 4.69) is 51.3 Å². The molecule has 0 aromatic heterocycles. The molecular formula is C35H58N2O5. The fourth-order valence-corrected chi connectivity index (χ4v) is 9.62. The Bertz CT molecular complexity index is 1020. The Morgan fingerprint density at radius 2 is 1.79 bits per heavy atom. The van der Waals surface area contributed by atoms with E-state index in [-0.39, 0.29) is 30.3 Å². The van der Waals surface area contributed by atoms with Crippen LogP contribution in [0.4, 0.5) is 4.79 Å². The molecule has 2 amide bonds. The van der Waals surface area contributed by atoms with E-state index in [1.165, 1.54) is 63.1 Å². The van der Waals surface area contributed by atoms with Gasteiger partial charge in [-0.1, -0.05) is 65.5 Å². The molecule has 8 atom stereocenters. The van der Waals surface area contributed by atoms with E-state index in [9.17, 15) is 9.59 Å². The average Bonchev–Trinajstić information content (AvgIpc) is 3.31. The molecule has 7 nitrogen and oxygen atoms in total. The maximum atomic E-state index is 12.6. The van der Waals surface area contributed by atoms with E-state index in [1.54, 1.807) is 6.92 Å². The molecule has 0 bridgehead atoms. The highest BCUT2D eigenvalue weighted by atomic mass is 16.6. The number of aliphatic hydroxyl groups is 2. The van der Waals surface area contributed by atoms with Crippen LogP contribution in [0, 0.1) is 46.3 Å². The van der Waals surface area contributed by atoms with Crippen LogP contribution in [0.2, 0.25) is 0 Å². The van der Waals surface area contributed by atoms with Gasteiger partial charge in [0, 0.05) is 18.2 Å². The minimum atomic E-state index is -0.733. The second-order valence-electron chi connectivity index (χ2n) is 15.1. The Kier molecular flexibility index (Phi) is 10.9. The number of carbonyl (C=O) groups excluding carboxylic acids is 2. The van der Waals surface area contributed by atoms with E-state index in [0.717, 1.165) is 54.8 Å². The van der Waals surface area contributed by atoms with Gasteiger partial charge in [-0.2, -0.15) is 0 Å². The molecule has 42 heavy (non-hydrogen) atoms. The lowest BCUT2D eigenvalue weighted by atomic mass is 9.47. The lowest BCUT2D eigenvalue weighted by Gasteiger charge is -2.58. The standard InChI is InChI=1S/C35H58N2O5/c1-22(2)8-7-9-23(3)29-12-13-30-28-11-10-25-18-27(14-16-34(25,5)31(28)15-17-35(29,30)6)42-33(41)36-19-24(4)32(40)37-26(20-38)21-39/h10,19,22-23,26-31,38-39H,7-9,11-18,20-21H2,1-6H3,(H,36,41)(H,37,40)/b24-19-/t23-,27+,28?,29-,30?,31?,34+,35-/m1/s1. The molecule has 0 radical (unpaired) electrons. The minimum absolute atomic E-state index is 0.159. The third-order valence-electron chi connectivity index (χ3n) is 12.1. The molecule has 7 heteroatoms. The van der Waals surface area contributed by atoms with Crippen molar-refractivity contribution in [3.05, 3.63) is 23.4 Å². The molecule has 4 aliphatic carbocycles. The van der Waals surface area contributed by atoms with Gasteiger partial charge < -0.3 is 20.3 Å². The third-order valence-corrected chi connectivity index (χ3v) is 12.1. The zero-order chi connectivity index (χ0) is 30.7. The lowest BCUT2D eigenvalue weighted by Crippen LogP contribution is -2.51. The summed E-state index contributed by atoms with van der Waals surface area (Å²) in [6.45, 7) is 13.2. The van der Waals surface area contributed by atoms with Gasteiger partial charge in [0.05, 0.1) is 19.3 Å². The predicted octanol–water partition coefficient (Wildman–Crippen LogP) is 6.50. The van der Waals surface area contributed by atoms with Gasteiger partial charge in [0.2, 0.25) is 5.91 Å². The molecule has 238 valence electrons. The second kappa shape index (κ2) is 13.8. The molecule has 3 fully saturated rings. The fraction of sp³-hybridized carbons (Fsp3) is 0.829. The number of amides is 2. The first-order valence-corrected chi connectivity index (χ1v) is 16.8. The molecule has 3 unspecified atom stereocenters. The molecule has 4 rings (SSSR count). The molecule has 3 saturated carbocycles. The molecule has 4 N–H and O–H groups in total. The average molecular weight is 587 g/mol. The summed E-state index contributed by atoms with van der Waals surface area (Å²) >= 11 is 0. The summed E-state index contributed by atoms with van der Waals surface area (Å²) in [5, 5.41) is 23.4. The van der Waals surface area contributed by atoms with Crippen molar-refractivity contribution in [2.24, 2.45) is 46.3 Å². The van der Waals surface area contributed by atoms with Gasteiger partial charge >= 0.3 is 6.09 Å². The van der Waals surface area contributed by atoms with E-state index >= 15 is 0 Å². The fourth-order valence-electron chi connectivity index (χ4n) is 9.62. The van der Waals surface area contributed by atoms with Crippen LogP contribution >= 0.6 is 0 Å². The van der Waals surface area contributed by atoms with Crippen LogP contribution in [0.25, 0.3) is 0 Å². The second-order valence-corrected chi connectivity index (χ2v) is 15.1. The first-order chi connectivity index (χ1) is 19.9. The summed E-state index contributed by atoms with van der Waals surface area (Å²) in [6.07, 6.45) is 16.6. The Morgan fingerprint density at radius 1 is 1.05 bits per heavy atom. The maximum Gasteiger partial charge on any atom is 0.411 e. The van der Waals surface area contributed by atoms with Crippen molar-refractivity contribution in [1.82, 2.24) is 10.6 Å². The number of carbonyl (C=O) groups is 2. The minimum Gasteiger partial charge on any atom is -0.446 e. The summed E-state index contributed by atoms with van der Waals surface area (Å²) in [5.74, 6) is 4.37. The van der Waals surface area contributed by atoms with Crippen molar-refractivity contribution < 1.29 is 24.5 Å². The molecule has 0 aliphatic heterocycles. The van der Waals surface area contributed by atoms with Gasteiger partial charge in [-0.05, 0) is 98.2 Å². The van der Waals surface area contributed by atoms with E-state index < -0.39 is 18.0 Å². The highest BCUT2D eigenvalue weighted by Gasteiger charge is 2.59. The number of aliphatic hydroxyl groups excluding tert-OH is 2. The van der Waals surface area contributed by atoms with Gasteiger partial charge in [0.1, 0.15) is 6.10 Å². The first-order valence-electron chi connectivity index (χ1n) is 16.8. The maximum absolute atomic E-state index is 12.6. The van der Waals surface area contributed by atoms with E-state index in [4.69, 9.17) is 14.9 Å². The van der Waals surface area contributed by atoms with E-state index in [1.807, 2.05) is 0 Å². The number of allylic oxidation sites excluding steroid dienone is 1. The molecular weight excluding hydrogens is 528 g/mol. The number of rotatable bonds is 11. The van der Waals surface area contributed by atoms with Crippen molar-refractivity contribution in [2.75, 3.05) is 13.2 Å². The number of ether oxygens (including phenoxy) is 1. The van der Waals surface area contributed by atoms with Crippen LogP contribution in [0.1, 0.15) is 112 Å². The number of nitrogens with one attached hydrogen (secondary N) is 2. The summed E-state index contributed by atoms with van der Waals surface area (Å²) in [6, 6.07) is -0.733. The summed E-state index contributed by atoms with van der Waals surface area (Å²) < 4.78 is 5.80. The molecule has 0 aromatic carbocycles. The van der Waals surface area contributed by atoms with Gasteiger partial charge in [0.25, 0.3) is 0 Å². The number of alkyl carbamates (subject to hydrolysis) is 1. The zero-order valence-corrected chi connectivity index (χ0v) is 27.1. The van der Waals surface area contributed by atoms with Gasteiger partial charge in [-0.25, -0.2) is 4.79 Å². The molecule has 0 heterocycles. The van der Waals surface area contributed by atoms with Gasteiger partial charge in [-0.3, -0.25) is 10.1 Å². The van der Waals surface area contributed by atoms with Crippen molar-refractivity contribution >= 4 is 12.0 Å². The Morgan fingerprint density at radius 3 is 2.48 bits per heavy atom. The van der Waals surface area contributed by atoms with Crippen LogP contribution in [-0.4, -0.2) is 47.6 Å². The lowest BCUT2D eigenvalue weighted by molar-refractivity contribution is -0.118. The summed E-state index contributed by atoms with van der Waals surface area (Å²) in [5.41, 5.74) is 2.43. The van der Waals surface area contributed by atoms with Crippen molar-refractivity contribution in [3.63, 3.8) is 0 Å².